The average molecular weight is 407 g/mol. The molecule has 0 N–H and O–H groups in total. The van der Waals surface area contributed by atoms with E-state index >= 15 is 0 Å². The second-order valence-corrected chi connectivity index (χ2v) is 9.06. The molecule has 0 aliphatic heterocycles. The van der Waals surface area contributed by atoms with Gasteiger partial charge in [-0.05, 0) is 66.5 Å². The smallest absolute Gasteiger partial charge is 0.0250 e. The fourth-order valence-corrected chi connectivity index (χ4v) is 5.33. The van der Waals surface area contributed by atoms with Gasteiger partial charge in [-0.25, -0.2) is 0 Å². The highest BCUT2D eigenvalue weighted by atomic mass is 79.9. The van der Waals surface area contributed by atoms with E-state index in [-0.39, 0.29) is 0 Å². The summed E-state index contributed by atoms with van der Waals surface area (Å²) >= 11 is 3.72. The molecule has 2 aliphatic carbocycles. The molecule has 0 saturated heterocycles. The predicted octanol–water partition coefficient (Wildman–Crippen LogP) is 8.05. The van der Waals surface area contributed by atoms with Crippen LogP contribution in [0.25, 0.3) is 12.2 Å². The molecule has 0 amide bonds. The van der Waals surface area contributed by atoms with Crippen LogP contribution >= 0.6 is 15.9 Å². The van der Waals surface area contributed by atoms with Crippen molar-refractivity contribution in [1.29, 1.82) is 0 Å². The highest BCUT2D eigenvalue weighted by Crippen LogP contribution is 2.46. The monoisotopic (exact) mass is 406 g/mol. The topological polar surface area (TPSA) is 0 Å². The highest BCUT2D eigenvalue weighted by molar-refractivity contribution is 9.10. The van der Waals surface area contributed by atoms with E-state index in [4.69, 9.17) is 0 Å². The van der Waals surface area contributed by atoms with Crippen LogP contribution in [0.3, 0.4) is 0 Å². The van der Waals surface area contributed by atoms with E-state index in [1.165, 1.54) is 50.7 Å². The standard InChI is InChI=1S/C25H27Br/c1-15(2)18-7-5-8-21-19(16(3)13-23(18)21)11-12-20-17(4)14-24-22(20)9-6-10-25(24)26/h5-10,13-15,19-20H,11-12H2,1-4H3. The third kappa shape index (κ3) is 2.91. The van der Waals surface area contributed by atoms with Gasteiger partial charge in [-0.1, -0.05) is 83.4 Å². The number of benzene rings is 2. The van der Waals surface area contributed by atoms with E-state index in [1.807, 2.05) is 0 Å². The molecule has 2 aromatic carbocycles. The lowest BCUT2D eigenvalue weighted by Gasteiger charge is -2.20. The Morgan fingerprint density at radius 1 is 0.808 bits per heavy atom. The van der Waals surface area contributed by atoms with Gasteiger partial charge < -0.3 is 0 Å². The van der Waals surface area contributed by atoms with Gasteiger partial charge in [-0.2, -0.15) is 0 Å². The molecule has 0 aromatic heterocycles. The molecule has 2 aliphatic rings. The molecular weight excluding hydrogens is 380 g/mol. The molecule has 0 fully saturated rings. The van der Waals surface area contributed by atoms with E-state index in [0.29, 0.717) is 17.8 Å². The summed E-state index contributed by atoms with van der Waals surface area (Å²) < 4.78 is 1.22. The molecule has 2 atom stereocenters. The maximum atomic E-state index is 3.72. The maximum Gasteiger partial charge on any atom is 0.0250 e. The molecule has 2 unspecified atom stereocenters. The van der Waals surface area contributed by atoms with Crippen molar-refractivity contribution in [3.8, 4) is 0 Å². The first-order chi connectivity index (χ1) is 12.5. The van der Waals surface area contributed by atoms with Crippen LogP contribution in [0, 0.1) is 0 Å². The molecule has 0 saturated carbocycles. The van der Waals surface area contributed by atoms with Crippen molar-refractivity contribution in [2.45, 2.75) is 58.3 Å². The first-order valence-electron chi connectivity index (χ1n) is 9.75. The van der Waals surface area contributed by atoms with Gasteiger partial charge in [0.2, 0.25) is 0 Å². The van der Waals surface area contributed by atoms with Gasteiger partial charge in [0.05, 0.1) is 0 Å². The van der Waals surface area contributed by atoms with Crippen LogP contribution in [-0.4, -0.2) is 0 Å². The first kappa shape index (κ1) is 17.8. The van der Waals surface area contributed by atoms with Crippen LogP contribution in [0.15, 0.2) is 52.0 Å². The highest BCUT2D eigenvalue weighted by Gasteiger charge is 2.28. The molecule has 0 nitrogen and oxygen atoms in total. The average Bonchev–Trinajstić information content (AvgIpc) is 3.09. The van der Waals surface area contributed by atoms with Gasteiger partial charge >= 0.3 is 0 Å². The van der Waals surface area contributed by atoms with Gasteiger partial charge in [0.15, 0.2) is 0 Å². The Bertz CT molecular complexity index is 914. The van der Waals surface area contributed by atoms with Crippen molar-refractivity contribution in [3.05, 3.63) is 79.8 Å². The number of hydrogen-bond acceptors (Lipinski definition) is 0. The van der Waals surface area contributed by atoms with Gasteiger partial charge in [-0.3, -0.25) is 0 Å². The van der Waals surface area contributed by atoms with Crippen molar-refractivity contribution in [2.75, 3.05) is 0 Å². The lowest BCUT2D eigenvalue weighted by Crippen LogP contribution is -2.04. The third-order valence-corrected chi connectivity index (χ3v) is 6.91. The Morgan fingerprint density at radius 3 is 1.96 bits per heavy atom. The van der Waals surface area contributed by atoms with Gasteiger partial charge in [0.25, 0.3) is 0 Å². The van der Waals surface area contributed by atoms with Gasteiger partial charge in [0.1, 0.15) is 0 Å². The van der Waals surface area contributed by atoms with Crippen LogP contribution in [-0.2, 0) is 0 Å². The Morgan fingerprint density at radius 2 is 1.35 bits per heavy atom. The molecule has 4 rings (SSSR count). The number of allylic oxidation sites excluding steroid dienone is 2. The fourth-order valence-electron chi connectivity index (χ4n) is 4.83. The summed E-state index contributed by atoms with van der Waals surface area (Å²) in [5, 5.41) is 0. The SMILES string of the molecule is CC1=Cc2c(Br)cccc2C1CCC1C(C)=Cc2c(C(C)C)cccc21. The lowest BCUT2D eigenvalue weighted by atomic mass is 9.84. The number of fused-ring (bicyclic) bond motifs is 2. The minimum atomic E-state index is 0.563. The first-order valence-corrected chi connectivity index (χ1v) is 10.5. The summed E-state index contributed by atoms with van der Waals surface area (Å²) in [6.45, 7) is 9.21. The van der Waals surface area contributed by atoms with Crippen LogP contribution in [0.2, 0.25) is 0 Å². The Labute approximate surface area is 166 Å². The lowest BCUT2D eigenvalue weighted by molar-refractivity contribution is 0.611. The summed E-state index contributed by atoms with van der Waals surface area (Å²) in [6.07, 6.45) is 7.25. The zero-order chi connectivity index (χ0) is 18.4. The summed E-state index contributed by atoms with van der Waals surface area (Å²) in [6, 6.07) is 13.5. The Hall–Kier alpha value is -1.60. The molecule has 26 heavy (non-hydrogen) atoms. The molecule has 0 heterocycles. The van der Waals surface area contributed by atoms with Gasteiger partial charge in [0, 0.05) is 16.3 Å². The molecule has 2 aromatic rings. The van der Waals surface area contributed by atoms with Crippen molar-refractivity contribution >= 4 is 28.1 Å². The molecule has 0 radical (unpaired) electrons. The summed E-state index contributed by atoms with van der Waals surface area (Å²) in [4.78, 5) is 0. The van der Waals surface area contributed by atoms with Gasteiger partial charge in [-0.15, -0.1) is 0 Å². The summed E-state index contributed by atoms with van der Waals surface area (Å²) in [7, 11) is 0. The molecule has 134 valence electrons. The number of hydrogen-bond donors (Lipinski definition) is 0. The summed E-state index contributed by atoms with van der Waals surface area (Å²) in [5.41, 5.74) is 10.4. The number of rotatable bonds is 4. The molecular formula is C25H27Br. The van der Waals surface area contributed by atoms with Crippen molar-refractivity contribution < 1.29 is 0 Å². The Balaban J connectivity index is 1.58. The zero-order valence-corrected chi connectivity index (χ0v) is 17.7. The van der Waals surface area contributed by atoms with Crippen molar-refractivity contribution in [3.63, 3.8) is 0 Å². The van der Waals surface area contributed by atoms with E-state index in [0.717, 1.165) is 0 Å². The van der Waals surface area contributed by atoms with E-state index in [9.17, 15) is 0 Å². The normalized spacial score (nSPS) is 20.8. The van der Waals surface area contributed by atoms with E-state index in [2.05, 4.69) is 92.2 Å². The Kier molecular flexibility index (Phi) is 4.69. The predicted molar refractivity (Wildman–Crippen MR) is 117 cm³/mol. The largest absolute Gasteiger partial charge is 0.0652 e. The third-order valence-electron chi connectivity index (χ3n) is 6.22. The molecule has 1 heteroatoms. The van der Waals surface area contributed by atoms with Crippen molar-refractivity contribution in [1.82, 2.24) is 0 Å². The van der Waals surface area contributed by atoms with Crippen LogP contribution < -0.4 is 0 Å². The van der Waals surface area contributed by atoms with E-state index in [1.54, 1.807) is 5.56 Å². The minimum absolute atomic E-state index is 0.563. The quantitative estimate of drug-likeness (QED) is 0.481. The van der Waals surface area contributed by atoms with Crippen LogP contribution in [0.1, 0.15) is 86.1 Å². The van der Waals surface area contributed by atoms with Crippen molar-refractivity contribution in [2.24, 2.45) is 0 Å². The molecule has 0 bridgehead atoms. The van der Waals surface area contributed by atoms with E-state index < -0.39 is 0 Å². The second-order valence-electron chi connectivity index (χ2n) is 8.21. The fraction of sp³-hybridized carbons (Fsp3) is 0.360. The number of halogens is 1. The minimum Gasteiger partial charge on any atom is -0.0652 e. The summed E-state index contributed by atoms with van der Waals surface area (Å²) in [5.74, 6) is 1.72. The second kappa shape index (κ2) is 6.85. The van der Waals surface area contributed by atoms with Crippen LogP contribution in [0.5, 0.6) is 0 Å². The van der Waals surface area contributed by atoms with Crippen LogP contribution in [0.4, 0.5) is 0 Å². The maximum absolute atomic E-state index is 3.72. The zero-order valence-electron chi connectivity index (χ0n) is 16.1. The molecule has 0 spiro atoms.